The molecule has 5 nitrogen and oxygen atoms in total. The molecule has 2 aliphatic rings. The summed E-state index contributed by atoms with van der Waals surface area (Å²) in [6, 6.07) is 10.9. The van der Waals surface area contributed by atoms with E-state index in [2.05, 4.69) is 45.5 Å². The first kappa shape index (κ1) is 16.6. The fourth-order valence-corrected chi connectivity index (χ4v) is 4.08. The molecule has 2 N–H and O–H groups in total. The van der Waals surface area contributed by atoms with Crippen LogP contribution in [0.3, 0.4) is 0 Å². The zero-order chi connectivity index (χ0) is 17.1. The molecule has 2 atom stereocenters. The fourth-order valence-electron chi connectivity index (χ4n) is 4.08. The van der Waals surface area contributed by atoms with Crippen LogP contribution in [0.25, 0.3) is 10.9 Å². The summed E-state index contributed by atoms with van der Waals surface area (Å²) in [6.07, 6.45) is 5.85. The molecule has 1 aromatic heterocycles. The molecular weight excluding hydrogens is 314 g/mol. The number of hydrogen-bond donors (Lipinski definition) is 2. The molecule has 25 heavy (non-hydrogen) atoms. The molecule has 0 spiro atoms. The number of nitrogens with zero attached hydrogens (tertiary/aromatic N) is 1. The monoisotopic (exact) mass is 341 g/mol. The molecule has 4 rings (SSSR count). The second-order valence-corrected chi connectivity index (χ2v) is 7.23. The molecule has 2 fully saturated rings. The number of nitrogens with one attached hydrogen (secondary N) is 2. The third-order valence-electron chi connectivity index (χ3n) is 5.42. The number of H-pyrrole nitrogens is 1. The highest BCUT2D eigenvalue weighted by Crippen LogP contribution is 2.31. The van der Waals surface area contributed by atoms with E-state index in [4.69, 9.17) is 4.74 Å². The predicted molar refractivity (Wildman–Crippen MR) is 98.4 cm³/mol. The largest absolute Gasteiger partial charge is 0.376 e. The summed E-state index contributed by atoms with van der Waals surface area (Å²) >= 11 is 0. The number of fused-ring (bicyclic) bond motifs is 1. The second kappa shape index (κ2) is 7.58. The predicted octanol–water partition coefficient (Wildman–Crippen LogP) is 2.99. The summed E-state index contributed by atoms with van der Waals surface area (Å²) in [5, 5.41) is 4.30. The Balaban J connectivity index is 1.40. The SMILES string of the molecule is O=C(CN1CCCCC1c1cc2ccccc2[nH]1)NCC1CCCO1. The standard InChI is InChI=1S/C20H27N3O2/c24-20(21-13-16-7-5-11-25-16)14-23-10-4-3-9-19(23)18-12-15-6-1-2-8-17(15)22-18/h1-2,6,8,12,16,19,22H,3-5,7,9-11,13-14H2,(H,21,24). The molecule has 0 aliphatic carbocycles. The number of rotatable bonds is 5. The van der Waals surface area contributed by atoms with Crippen LogP contribution in [-0.4, -0.2) is 48.1 Å². The second-order valence-electron chi connectivity index (χ2n) is 7.23. The van der Waals surface area contributed by atoms with E-state index < -0.39 is 0 Å². The molecule has 0 bridgehead atoms. The number of ether oxygens (including phenoxy) is 1. The van der Waals surface area contributed by atoms with Gasteiger partial charge in [-0.25, -0.2) is 0 Å². The first-order valence-corrected chi connectivity index (χ1v) is 9.49. The fraction of sp³-hybridized carbons (Fsp3) is 0.550. The van der Waals surface area contributed by atoms with Crippen LogP contribution in [0.1, 0.15) is 43.8 Å². The molecule has 3 heterocycles. The van der Waals surface area contributed by atoms with E-state index in [0.29, 0.717) is 19.1 Å². The van der Waals surface area contributed by atoms with Gasteiger partial charge in [-0.2, -0.15) is 0 Å². The smallest absolute Gasteiger partial charge is 0.234 e. The number of carbonyl (C=O) groups is 1. The van der Waals surface area contributed by atoms with E-state index in [0.717, 1.165) is 38.8 Å². The minimum Gasteiger partial charge on any atom is -0.376 e. The van der Waals surface area contributed by atoms with Gasteiger partial charge in [0.05, 0.1) is 18.7 Å². The van der Waals surface area contributed by atoms with Gasteiger partial charge in [0, 0.05) is 24.4 Å². The van der Waals surface area contributed by atoms with Crippen LogP contribution < -0.4 is 5.32 Å². The summed E-state index contributed by atoms with van der Waals surface area (Å²) in [7, 11) is 0. The van der Waals surface area contributed by atoms with Crippen molar-refractivity contribution in [3.63, 3.8) is 0 Å². The summed E-state index contributed by atoms with van der Waals surface area (Å²) in [5.41, 5.74) is 2.40. The normalized spacial score (nSPS) is 24.6. The van der Waals surface area contributed by atoms with E-state index in [9.17, 15) is 4.79 Å². The minimum atomic E-state index is 0.110. The van der Waals surface area contributed by atoms with Crippen molar-refractivity contribution in [2.24, 2.45) is 0 Å². The first-order valence-electron chi connectivity index (χ1n) is 9.49. The number of aromatic amines is 1. The number of para-hydroxylation sites is 1. The lowest BCUT2D eigenvalue weighted by Gasteiger charge is -2.34. The molecule has 134 valence electrons. The highest BCUT2D eigenvalue weighted by molar-refractivity contribution is 5.80. The zero-order valence-electron chi connectivity index (χ0n) is 14.7. The zero-order valence-corrected chi connectivity index (χ0v) is 14.7. The molecule has 0 radical (unpaired) electrons. The molecule has 1 amide bonds. The Bertz CT molecular complexity index is 688. The van der Waals surface area contributed by atoms with Gasteiger partial charge in [-0.1, -0.05) is 24.6 Å². The molecule has 5 heteroatoms. The van der Waals surface area contributed by atoms with Gasteiger partial charge >= 0.3 is 0 Å². The average Bonchev–Trinajstić information content (AvgIpc) is 3.30. The van der Waals surface area contributed by atoms with Gasteiger partial charge in [0.25, 0.3) is 0 Å². The Morgan fingerprint density at radius 2 is 2.16 bits per heavy atom. The Labute approximate surface area is 148 Å². The van der Waals surface area contributed by atoms with Gasteiger partial charge in [0.1, 0.15) is 0 Å². The molecule has 2 saturated heterocycles. The highest BCUT2D eigenvalue weighted by Gasteiger charge is 2.27. The summed E-state index contributed by atoms with van der Waals surface area (Å²) < 4.78 is 5.58. The Kier molecular flexibility index (Phi) is 5.04. The van der Waals surface area contributed by atoms with Crippen molar-refractivity contribution in [3.05, 3.63) is 36.0 Å². The van der Waals surface area contributed by atoms with Crippen molar-refractivity contribution in [1.82, 2.24) is 15.2 Å². The molecular formula is C20H27N3O2. The van der Waals surface area contributed by atoms with Gasteiger partial charge in [-0.15, -0.1) is 0 Å². The van der Waals surface area contributed by atoms with Crippen LogP contribution in [0.5, 0.6) is 0 Å². The van der Waals surface area contributed by atoms with Crippen molar-refractivity contribution in [1.29, 1.82) is 0 Å². The van der Waals surface area contributed by atoms with Crippen molar-refractivity contribution < 1.29 is 9.53 Å². The minimum absolute atomic E-state index is 0.110. The van der Waals surface area contributed by atoms with Gasteiger partial charge in [0.2, 0.25) is 5.91 Å². The highest BCUT2D eigenvalue weighted by atomic mass is 16.5. The number of amides is 1. The van der Waals surface area contributed by atoms with Crippen LogP contribution in [0.2, 0.25) is 0 Å². The molecule has 2 unspecified atom stereocenters. The Morgan fingerprint density at radius 1 is 1.24 bits per heavy atom. The third kappa shape index (κ3) is 3.88. The van der Waals surface area contributed by atoms with Crippen LogP contribution in [0.15, 0.2) is 30.3 Å². The number of likely N-dealkylation sites (tertiary alicyclic amines) is 1. The van der Waals surface area contributed by atoms with Gasteiger partial charge in [-0.3, -0.25) is 9.69 Å². The van der Waals surface area contributed by atoms with Gasteiger partial charge in [-0.05, 0) is 49.7 Å². The number of benzene rings is 1. The number of carbonyl (C=O) groups excluding carboxylic acids is 1. The maximum Gasteiger partial charge on any atom is 0.234 e. The number of hydrogen-bond acceptors (Lipinski definition) is 3. The van der Waals surface area contributed by atoms with E-state index in [1.54, 1.807) is 0 Å². The van der Waals surface area contributed by atoms with Crippen molar-refractivity contribution in [2.45, 2.75) is 44.2 Å². The first-order chi connectivity index (χ1) is 12.3. The van der Waals surface area contributed by atoms with Crippen LogP contribution >= 0.6 is 0 Å². The van der Waals surface area contributed by atoms with Crippen molar-refractivity contribution in [3.8, 4) is 0 Å². The lowest BCUT2D eigenvalue weighted by atomic mass is 9.99. The quantitative estimate of drug-likeness (QED) is 0.879. The molecule has 2 aliphatic heterocycles. The van der Waals surface area contributed by atoms with Crippen molar-refractivity contribution >= 4 is 16.8 Å². The van der Waals surface area contributed by atoms with Gasteiger partial charge < -0.3 is 15.0 Å². The molecule has 0 saturated carbocycles. The summed E-state index contributed by atoms with van der Waals surface area (Å²) in [4.78, 5) is 18.3. The van der Waals surface area contributed by atoms with E-state index in [1.807, 2.05) is 0 Å². The Morgan fingerprint density at radius 3 is 3.00 bits per heavy atom. The number of piperidine rings is 1. The number of aromatic nitrogens is 1. The lowest BCUT2D eigenvalue weighted by molar-refractivity contribution is -0.123. The van der Waals surface area contributed by atoms with Crippen LogP contribution in [-0.2, 0) is 9.53 Å². The molecule has 2 aromatic rings. The van der Waals surface area contributed by atoms with E-state index >= 15 is 0 Å². The summed E-state index contributed by atoms with van der Waals surface area (Å²) in [6.45, 7) is 2.92. The summed E-state index contributed by atoms with van der Waals surface area (Å²) in [5.74, 6) is 0.110. The van der Waals surface area contributed by atoms with Crippen molar-refractivity contribution in [2.75, 3.05) is 26.2 Å². The van der Waals surface area contributed by atoms with E-state index in [-0.39, 0.29) is 12.0 Å². The van der Waals surface area contributed by atoms with Crippen LogP contribution in [0, 0.1) is 0 Å². The maximum atomic E-state index is 12.4. The van der Waals surface area contributed by atoms with Gasteiger partial charge in [0.15, 0.2) is 0 Å². The topological polar surface area (TPSA) is 57.4 Å². The van der Waals surface area contributed by atoms with Crippen LogP contribution in [0.4, 0.5) is 0 Å². The molecule has 1 aromatic carbocycles. The lowest BCUT2D eigenvalue weighted by Crippen LogP contribution is -2.43. The third-order valence-corrected chi connectivity index (χ3v) is 5.42. The van der Waals surface area contributed by atoms with E-state index in [1.165, 1.54) is 23.0 Å². The Hall–Kier alpha value is -1.85. The average molecular weight is 341 g/mol. The maximum absolute atomic E-state index is 12.4.